The summed E-state index contributed by atoms with van der Waals surface area (Å²) >= 11 is 0. The van der Waals surface area contributed by atoms with Crippen molar-refractivity contribution >= 4 is 18.0 Å². The van der Waals surface area contributed by atoms with E-state index in [1.54, 1.807) is 6.07 Å². The molecule has 166 valence electrons. The van der Waals surface area contributed by atoms with Gasteiger partial charge in [0.1, 0.15) is 12.4 Å². The number of amides is 2. The Bertz CT molecular complexity index is 1220. The molecule has 0 bridgehead atoms. The van der Waals surface area contributed by atoms with E-state index >= 15 is 0 Å². The summed E-state index contributed by atoms with van der Waals surface area (Å²) in [6, 6.07) is 19.2. The zero-order valence-corrected chi connectivity index (χ0v) is 17.5. The fraction of sp³-hybridized carbons (Fsp3) is 0.160. The minimum atomic E-state index is -1.27. The van der Waals surface area contributed by atoms with Crippen LogP contribution >= 0.6 is 0 Å². The van der Waals surface area contributed by atoms with Crippen molar-refractivity contribution in [2.24, 2.45) is 0 Å². The molecule has 3 N–H and O–H groups in total. The maximum Gasteiger partial charge on any atom is 0.407 e. The highest BCUT2D eigenvalue weighted by molar-refractivity contribution is 5.92. The number of rotatable bonds is 6. The van der Waals surface area contributed by atoms with E-state index in [1.165, 1.54) is 6.07 Å². The van der Waals surface area contributed by atoms with Gasteiger partial charge < -0.3 is 24.9 Å². The Morgan fingerprint density at radius 2 is 1.61 bits per heavy atom. The maximum atomic E-state index is 12.2. The van der Waals surface area contributed by atoms with E-state index in [1.807, 2.05) is 42.3 Å². The molecule has 8 heteroatoms. The van der Waals surface area contributed by atoms with Crippen molar-refractivity contribution in [3.05, 3.63) is 83.3 Å². The Hall–Kier alpha value is -4.51. The molecule has 0 saturated heterocycles. The van der Waals surface area contributed by atoms with E-state index in [0.717, 1.165) is 22.3 Å². The fourth-order valence-corrected chi connectivity index (χ4v) is 3.74. The van der Waals surface area contributed by atoms with E-state index in [-0.39, 0.29) is 31.4 Å². The molecule has 3 aromatic rings. The largest absolute Gasteiger partial charge is 0.472 e. The molecule has 2 aromatic carbocycles. The molecule has 0 aliphatic heterocycles. The highest BCUT2D eigenvalue weighted by Gasteiger charge is 2.29. The number of carboxylic acid groups (broad SMARTS) is 1. The van der Waals surface area contributed by atoms with E-state index in [2.05, 4.69) is 28.7 Å². The first-order valence-corrected chi connectivity index (χ1v) is 10.2. The van der Waals surface area contributed by atoms with Gasteiger partial charge in [-0.25, -0.2) is 9.59 Å². The number of carboxylic acids is 1. The topological polar surface area (TPSA) is 118 Å². The lowest BCUT2D eigenvalue weighted by Crippen LogP contribution is -2.25. The first-order chi connectivity index (χ1) is 16.0. The van der Waals surface area contributed by atoms with Gasteiger partial charge in [-0.1, -0.05) is 54.5 Å². The second-order valence-electron chi connectivity index (χ2n) is 7.23. The van der Waals surface area contributed by atoms with Crippen LogP contribution < -0.4 is 10.6 Å². The minimum absolute atomic E-state index is 0.0245. The lowest BCUT2D eigenvalue weighted by molar-refractivity contribution is -0.130. The van der Waals surface area contributed by atoms with Crippen LogP contribution in [0.4, 0.5) is 4.79 Å². The Kier molecular flexibility index (Phi) is 6.41. The van der Waals surface area contributed by atoms with Gasteiger partial charge in [-0.2, -0.15) is 0 Å². The van der Waals surface area contributed by atoms with Crippen LogP contribution in [0.5, 0.6) is 0 Å². The monoisotopic (exact) mass is 444 g/mol. The highest BCUT2D eigenvalue weighted by atomic mass is 16.5. The molecule has 1 aromatic heterocycles. The van der Waals surface area contributed by atoms with Crippen LogP contribution in [0.2, 0.25) is 0 Å². The molecule has 0 saturated carbocycles. The summed E-state index contributed by atoms with van der Waals surface area (Å²) in [6.45, 7) is 0.116. The number of benzene rings is 2. The van der Waals surface area contributed by atoms with Gasteiger partial charge in [0.05, 0.1) is 13.1 Å². The number of hydrogen-bond donors (Lipinski definition) is 3. The Morgan fingerprint density at radius 1 is 0.939 bits per heavy atom. The zero-order valence-electron chi connectivity index (χ0n) is 17.5. The number of ether oxygens (including phenoxy) is 1. The standard InChI is InChI=1S/C25H20N2O6/c28-23(29)10-5-13-26-24(30)22-12-11-16(33-22)14-27-25(31)32-15-21-19-8-3-1-6-17(19)18-7-2-4-9-20(18)21/h1-4,6-9,11-12,21H,13-15H2,(H,26,30)(H,27,31)(H,28,29). The van der Waals surface area contributed by atoms with Crippen LogP contribution in [0.15, 0.2) is 65.1 Å². The molecule has 33 heavy (non-hydrogen) atoms. The van der Waals surface area contributed by atoms with Crippen molar-refractivity contribution in [1.29, 1.82) is 0 Å². The first-order valence-electron chi connectivity index (χ1n) is 10.2. The van der Waals surface area contributed by atoms with Gasteiger partial charge >= 0.3 is 12.1 Å². The quantitative estimate of drug-likeness (QED) is 0.503. The van der Waals surface area contributed by atoms with Crippen LogP contribution in [-0.4, -0.2) is 36.2 Å². The van der Waals surface area contributed by atoms with Crippen molar-refractivity contribution in [1.82, 2.24) is 10.6 Å². The van der Waals surface area contributed by atoms with Crippen LogP contribution in [0.1, 0.15) is 33.4 Å². The maximum absolute atomic E-state index is 12.2. The van der Waals surface area contributed by atoms with E-state index in [9.17, 15) is 14.4 Å². The number of alkyl carbamates (subject to hydrolysis) is 1. The van der Waals surface area contributed by atoms with E-state index < -0.39 is 18.0 Å². The van der Waals surface area contributed by atoms with Gasteiger partial charge in [-0.05, 0) is 34.4 Å². The third-order valence-corrected chi connectivity index (χ3v) is 5.17. The van der Waals surface area contributed by atoms with Crippen LogP contribution in [-0.2, 0) is 16.1 Å². The van der Waals surface area contributed by atoms with Crippen molar-refractivity contribution in [3.8, 4) is 23.0 Å². The number of nitrogens with one attached hydrogen (secondary N) is 2. The average Bonchev–Trinajstić information content (AvgIpc) is 3.42. The van der Waals surface area contributed by atoms with Gasteiger partial charge in [0, 0.05) is 11.8 Å². The molecular weight excluding hydrogens is 424 g/mol. The van der Waals surface area contributed by atoms with Gasteiger partial charge in [-0.3, -0.25) is 4.79 Å². The molecule has 0 radical (unpaired) electrons. The third kappa shape index (κ3) is 5.05. The minimum Gasteiger partial charge on any atom is -0.472 e. The summed E-state index contributed by atoms with van der Waals surface area (Å²) < 4.78 is 10.9. The zero-order chi connectivity index (χ0) is 23.2. The molecule has 1 aliphatic rings. The van der Waals surface area contributed by atoms with Gasteiger partial charge in [-0.15, -0.1) is 0 Å². The number of fused-ring (bicyclic) bond motifs is 3. The van der Waals surface area contributed by atoms with Gasteiger partial charge in [0.2, 0.25) is 0 Å². The number of carbonyl (C=O) groups is 3. The molecular formula is C25H20N2O6. The van der Waals surface area contributed by atoms with E-state index in [4.69, 9.17) is 14.3 Å². The summed E-state index contributed by atoms with van der Waals surface area (Å²) in [6.07, 6.45) is -0.594. The van der Waals surface area contributed by atoms with Crippen molar-refractivity contribution < 1.29 is 28.6 Å². The first kappa shape index (κ1) is 21.7. The van der Waals surface area contributed by atoms with Crippen LogP contribution in [0.3, 0.4) is 0 Å². The molecule has 1 heterocycles. The summed E-state index contributed by atoms with van der Waals surface area (Å²) in [5.74, 6) is 2.72. The number of aliphatic carboxylic acids is 1. The normalized spacial score (nSPS) is 11.5. The molecule has 0 spiro atoms. The fourth-order valence-electron chi connectivity index (χ4n) is 3.74. The summed E-state index contributed by atoms with van der Waals surface area (Å²) in [5, 5.41) is 13.5. The highest BCUT2D eigenvalue weighted by Crippen LogP contribution is 2.44. The Labute approximate surface area is 189 Å². The predicted molar refractivity (Wildman–Crippen MR) is 118 cm³/mol. The molecule has 0 fully saturated rings. The van der Waals surface area contributed by atoms with Crippen molar-refractivity contribution in [3.63, 3.8) is 0 Å². The Morgan fingerprint density at radius 3 is 2.27 bits per heavy atom. The van der Waals surface area contributed by atoms with Crippen molar-refractivity contribution in [2.45, 2.75) is 12.5 Å². The molecule has 1 aliphatic carbocycles. The molecule has 8 nitrogen and oxygen atoms in total. The summed E-state index contributed by atoms with van der Waals surface area (Å²) in [4.78, 5) is 34.5. The molecule has 2 amide bonds. The lowest BCUT2D eigenvalue weighted by Gasteiger charge is -2.14. The summed E-state index contributed by atoms with van der Waals surface area (Å²) in [5.41, 5.74) is 4.55. The smallest absolute Gasteiger partial charge is 0.407 e. The van der Waals surface area contributed by atoms with Crippen LogP contribution in [0, 0.1) is 11.8 Å². The predicted octanol–water partition coefficient (Wildman–Crippen LogP) is 3.14. The number of carbonyl (C=O) groups excluding carboxylic acids is 2. The third-order valence-electron chi connectivity index (χ3n) is 5.17. The SMILES string of the molecule is O=C(O)C#CCNC(=O)c1ccc(CNC(=O)OCC2c3ccccc3-c3ccccc32)o1. The van der Waals surface area contributed by atoms with E-state index in [0.29, 0.717) is 5.76 Å². The molecule has 0 unspecified atom stereocenters. The van der Waals surface area contributed by atoms with Gasteiger partial charge in [0.25, 0.3) is 5.91 Å². The lowest BCUT2D eigenvalue weighted by atomic mass is 9.98. The summed E-state index contributed by atoms with van der Waals surface area (Å²) in [7, 11) is 0. The second-order valence-corrected chi connectivity index (χ2v) is 7.23. The second kappa shape index (κ2) is 9.75. The van der Waals surface area contributed by atoms with Gasteiger partial charge in [0.15, 0.2) is 5.76 Å². The van der Waals surface area contributed by atoms with Crippen LogP contribution in [0.25, 0.3) is 11.1 Å². The Balaban J connectivity index is 1.28. The average molecular weight is 444 g/mol. The number of hydrogen-bond acceptors (Lipinski definition) is 5. The molecule has 0 atom stereocenters. The number of furan rings is 1. The van der Waals surface area contributed by atoms with Crippen molar-refractivity contribution in [2.75, 3.05) is 13.2 Å². The molecule has 4 rings (SSSR count).